The largest absolute Gasteiger partial charge is 1.00 e. The Hall–Kier alpha value is -3.67. The van der Waals surface area contributed by atoms with Gasteiger partial charge in [-0.15, -0.1) is 0 Å². The van der Waals surface area contributed by atoms with E-state index >= 15 is 0 Å². The first-order valence-electron chi connectivity index (χ1n) is 19.5. The molecule has 302 valence electrons. The van der Waals surface area contributed by atoms with E-state index in [4.69, 9.17) is 0 Å². The average molecular weight is 802 g/mol. The monoisotopic (exact) mass is 801 g/mol. The Bertz CT molecular complexity index is 2030. The number of piperidine rings is 2. The molecule has 2 amide bonds. The van der Waals surface area contributed by atoms with E-state index in [0.717, 1.165) is 62.4 Å². The van der Waals surface area contributed by atoms with Crippen molar-refractivity contribution in [2.75, 3.05) is 13.1 Å². The molecule has 15 heteroatoms. The zero-order chi connectivity index (χ0) is 41.1. The van der Waals surface area contributed by atoms with Gasteiger partial charge in [0.05, 0.1) is 36.1 Å². The Balaban J connectivity index is 0.000000394. The molecular formula is C45H50F2Li3N4O6+. The number of hydrogen-bond donors (Lipinski definition) is 2. The molecule has 60 heavy (non-hydrogen) atoms. The van der Waals surface area contributed by atoms with Crippen molar-refractivity contribution in [2.24, 2.45) is 0 Å². The van der Waals surface area contributed by atoms with Crippen LogP contribution in [0.15, 0.2) is 91.0 Å². The fourth-order valence-electron chi connectivity index (χ4n) is 7.47. The van der Waals surface area contributed by atoms with Gasteiger partial charge in [-0.3, -0.25) is 19.4 Å². The minimum absolute atomic E-state index is 0. The molecule has 4 aromatic rings. The van der Waals surface area contributed by atoms with Crippen LogP contribution in [0.5, 0.6) is 0 Å². The van der Waals surface area contributed by atoms with Gasteiger partial charge in [0.25, 0.3) is 0 Å². The molecule has 2 N–H and O–H groups in total. The van der Waals surface area contributed by atoms with Crippen molar-refractivity contribution in [3.05, 3.63) is 142 Å². The van der Waals surface area contributed by atoms with E-state index in [1.54, 1.807) is 24.3 Å². The fraction of sp³-hybridized carbons (Fsp3) is 0.378. The van der Waals surface area contributed by atoms with Crippen LogP contribution in [0.25, 0.3) is 0 Å². The standard InChI is InChI=1S/C23H28N2O3.C22H24F2N2O3.3Li/c1-16-6-5-7-18(14-16)15-25-13-4-3-8-21(25)22(26)24-17(2)19-9-11-20(12-10-19)23(27)28;1-14(16-6-8-17(9-7-16)22(28)29)25-21(27)20-4-2-3-11-26(20)13-15-5-10-18(23)19(24)12-15;;;/h5-7,9-12,14,17,21H,3-4,8,13,15H2,1-2H3,(H,24,26)(H,27,28);5-10,12,14,20H,2-4,11,13H2,1H3,(H,25,27)(H,28,29);;;/q;;3*+1/p-2/t17-,21?;14-,20?;;;/m00.../s1. The first kappa shape index (κ1) is 52.5. The van der Waals surface area contributed by atoms with Crippen LogP contribution in [0.1, 0.15) is 113 Å². The molecule has 4 aromatic carbocycles. The van der Waals surface area contributed by atoms with Crippen LogP contribution in [0, 0.1) is 18.6 Å². The van der Waals surface area contributed by atoms with Gasteiger partial charge < -0.3 is 30.4 Å². The molecule has 2 aliphatic rings. The first-order valence-corrected chi connectivity index (χ1v) is 19.5. The van der Waals surface area contributed by atoms with E-state index in [0.29, 0.717) is 25.1 Å². The minimum Gasteiger partial charge on any atom is -0.545 e. The van der Waals surface area contributed by atoms with Crippen LogP contribution in [-0.4, -0.2) is 58.7 Å². The molecule has 0 bridgehead atoms. The van der Waals surface area contributed by atoms with Crippen LogP contribution in [-0.2, 0) is 22.7 Å². The smallest absolute Gasteiger partial charge is 0.545 e. The summed E-state index contributed by atoms with van der Waals surface area (Å²) in [4.78, 5) is 51.9. The predicted octanol–water partition coefficient (Wildman–Crippen LogP) is -3.84. The Morgan fingerprint density at radius 2 is 1.05 bits per heavy atom. The van der Waals surface area contributed by atoms with Crippen molar-refractivity contribution in [1.29, 1.82) is 0 Å². The van der Waals surface area contributed by atoms with Crippen molar-refractivity contribution in [2.45, 2.75) is 96.6 Å². The Kier molecular flexibility index (Phi) is 22.1. The first-order chi connectivity index (χ1) is 27.3. The maximum Gasteiger partial charge on any atom is 1.00 e. The Morgan fingerprint density at radius 3 is 1.45 bits per heavy atom. The molecule has 2 heterocycles. The third kappa shape index (κ3) is 15.1. The number of amides is 2. The van der Waals surface area contributed by atoms with Gasteiger partial charge in [-0.1, -0.05) is 97.3 Å². The summed E-state index contributed by atoms with van der Waals surface area (Å²) in [5.41, 5.74) is 4.95. The van der Waals surface area contributed by atoms with E-state index in [2.05, 4.69) is 46.7 Å². The number of carbonyl (C=O) groups excluding carboxylic acids is 4. The number of carboxylic acids is 2. The van der Waals surface area contributed by atoms with Gasteiger partial charge >= 0.3 is 56.6 Å². The topological polar surface area (TPSA) is 145 Å². The molecular weight excluding hydrogens is 751 g/mol. The van der Waals surface area contributed by atoms with Gasteiger partial charge in [-0.05, 0) is 105 Å². The summed E-state index contributed by atoms with van der Waals surface area (Å²) in [5.74, 6) is -4.33. The SMILES string of the molecule is C[C@H](NC(=O)C1CCCCN1Cc1ccc(F)c(F)c1)c1ccc(C(=O)[O-])cc1.Cc1cccc(CN2CCCCC2C(=O)N[C@@H](C)c2ccc(C(=O)[O-])cc2)c1.[Li+].[Li+].[Li+]. The van der Waals surface area contributed by atoms with Crippen LogP contribution in [0.2, 0.25) is 0 Å². The van der Waals surface area contributed by atoms with Gasteiger partial charge in [0.15, 0.2) is 11.6 Å². The summed E-state index contributed by atoms with van der Waals surface area (Å²) >= 11 is 0. The van der Waals surface area contributed by atoms with E-state index in [1.165, 1.54) is 47.5 Å². The summed E-state index contributed by atoms with van der Waals surface area (Å²) in [5, 5.41) is 27.8. The number of rotatable bonds is 12. The molecule has 0 aromatic heterocycles. The van der Waals surface area contributed by atoms with Crippen molar-refractivity contribution in [3.8, 4) is 0 Å². The summed E-state index contributed by atoms with van der Waals surface area (Å²) < 4.78 is 26.7. The predicted molar refractivity (Wildman–Crippen MR) is 208 cm³/mol. The normalized spacial score (nSPS) is 17.4. The van der Waals surface area contributed by atoms with Crippen LogP contribution in [0.3, 0.4) is 0 Å². The second-order valence-corrected chi connectivity index (χ2v) is 15.0. The Labute approximate surface area is 387 Å². The van der Waals surface area contributed by atoms with E-state index < -0.39 is 23.6 Å². The molecule has 2 aliphatic heterocycles. The second kappa shape index (κ2) is 25.3. The minimum atomic E-state index is -1.25. The van der Waals surface area contributed by atoms with Gasteiger partial charge in [0, 0.05) is 13.1 Å². The number of nitrogens with one attached hydrogen (secondary N) is 2. The van der Waals surface area contributed by atoms with Crippen LogP contribution >= 0.6 is 0 Å². The average Bonchev–Trinajstić information content (AvgIpc) is 3.20. The maximum atomic E-state index is 13.5. The molecule has 0 radical (unpaired) electrons. The van der Waals surface area contributed by atoms with Crippen molar-refractivity contribution in [3.63, 3.8) is 0 Å². The number of carbonyl (C=O) groups is 4. The number of benzene rings is 4. The summed E-state index contributed by atoms with van der Waals surface area (Å²) in [6, 6.07) is 23.9. The summed E-state index contributed by atoms with van der Waals surface area (Å²) in [7, 11) is 0. The zero-order valence-electron chi connectivity index (χ0n) is 35.6. The second-order valence-electron chi connectivity index (χ2n) is 15.0. The maximum absolute atomic E-state index is 13.5. The number of aromatic carboxylic acids is 2. The number of carboxylic acid groups (broad SMARTS) is 2. The molecule has 0 spiro atoms. The van der Waals surface area contributed by atoms with Crippen molar-refractivity contribution >= 4 is 23.8 Å². The van der Waals surface area contributed by atoms with E-state index in [9.17, 15) is 38.2 Å². The Morgan fingerprint density at radius 1 is 0.617 bits per heavy atom. The van der Waals surface area contributed by atoms with E-state index in [-0.39, 0.29) is 104 Å². The molecule has 10 nitrogen and oxygen atoms in total. The quantitative estimate of drug-likeness (QED) is 0.139. The van der Waals surface area contributed by atoms with Crippen molar-refractivity contribution < 1.29 is 94.8 Å². The summed E-state index contributed by atoms with van der Waals surface area (Å²) in [6.45, 7) is 8.58. The molecule has 4 atom stereocenters. The molecule has 0 saturated carbocycles. The van der Waals surface area contributed by atoms with Gasteiger partial charge in [0.1, 0.15) is 0 Å². The fourth-order valence-corrected chi connectivity index (χ4v) is 7.47. The molecule has 0 aliphatic carbocycles. The molecule has 2 unspecified atom stereocenters. The summed E-state index contributed by atoms with van der Waals surface area (Å²) in [6.07, 6.45) is 5.56. The molecule has 2 saturated heterocycles. The van der Waals surface area contributed by atoms with Gasteiger partial charge in [0.2, 0.25) is 11.8 Å². The zero-order valence-corrected chi connectivity index (χ0v) is 35.6. The number of nitrogens with zero attached hydrogens (tertiary/aromatic N) is 2. The number of hydrogen-bond acceptors (Lipinski definition) is 8. The van der Waals surface area contributed by atoms with Gasteiger partial charge in [-0.25, -0.2) is 8.78 Å². The van der Waals surface area contributed by atoms with Crippen molar-refractivity contribution in [1.82, 2.24) is 20.4 Å². The van der Waals surface area contributed by atoms with Crippen LogP contribution < -0.4 is 77.4 Å². The number of aryl methyl sites for hydroxylation is 1. The van der Waals surface area contributed by atoms with E-state index in [1.807, 2.05) is 18.7 Å². The number of likely N-dealkylation sites (tertiary alicyclic amines) is 2. The van der Waals surface area contributed by atoms with Crippen LogP contribution in [0.4, 0.5) is 8.78 Å². The third-order valence-corrected chi connectivity index (χ3v) is 10.7. The molecule has 6 rings (SSSR count). The third-order valence-electron chi connectivity index (χ3n) is 10.7. The van der Waals surface area contributed by atoms with Gasteiger partial charge in [-0.2, -0.15) is 0 Å². The number of halogens is 2. The molecule has 2 fully saturated rings.